The van der Waals surface area contributed by atoms with Gasteiger partial charge in [0.05, 0.1) is 12.4 Å². The van der Waals surface area contributed by atoms with Crippen molar-refractivity contribution in [2.75, 3.05) is 19.4 Å². The molecule has 3 unspecified atom stereocenters. The maximum atomic E-state index is 12.3. The van der Waals surface area contributed by atoms with Crippen LogP contribution in [0.4, 0.5) is 0 Å². The summed E-state index contributed by atoms with van der Waals surface area (Å²) in [5.41, 5.74) is 2.62. The van der Waals surface area contributed by atoms with Crippen molar-refractivity contribution >= 4 is 10.8 Å². The van der Waals surface area contributed by atoms with Gasteiger partial charge in [0.1, 0.15) is 5.75 Å². The molecular formula is C15H23NO2S. The number of hydrogen-bond donors (Lipinski definition) is 1. The monoisotopic (exact) mass is 281 g/mol. The molecule has 0 aliphatic heterocycles. The Hall–Kier alpha value is -0.870. The van der Waals surface area contributed by atoms with Gasteiger partial charge < -0.3 is 10.1 Å². The first-order valence-electron chi connectivity index (χ1n) is 6.98. The van der Waals surface area contributed by atoms with Gasteiger partial charge >= 0.3 is 0 Å². The molecule has 1 aromatic carbocycles. The Morgan fingerprint density at radius 3 is 2.84 bits per heavy atom. The number of rotatable bonds is 5. The molecule has 2 rings (SSSR count). The molecule has 0 saturated carbocycles. The summed E-state index contributed by atoms with van der Waals surface area (Å²) < 4.78 is 17.6. The summed E-state index contributed by atoms with van der Waals surface area (Å²) in [6.45, 7) is 4.99. The minimum atomic E-state index is -0.764. The van der Waals surface area contributed by atoms with E-state index in [0.717, 1.165) is 30.9 Å². The van der Waals surface area contributed by atoms with Gasteiger partial charge in [-0.25, -0.2) is 0 Å². The highest BCUT2D eigenvalue weighted by atomic mass is 32.2. The average Bonchev–Trinajstić information content (AvgIpc) is 2.46. The van der Waals surface area contributed by atoms with E-state index in [1.807, 2.05) is 13.0 Å². The number of methoxy groups -OCH3 is 1. The van der Waals surface area contributed by atoms with Crippen LogP contribution in [-0.4, -0.2) is 28.9 Å². The zero-order valence-electron chi connectivity index (χ0n) is 11.9. The van der Waals surface area contributed by atoms with E-state index < -0.39 is 10.8 Å². The minimum absolute atomic E-state index is 0.185. The SMILES string of the molecule is CCNC1c2cc(OC)ccc2CCC1S(=O)CC. The van der Waals surface area contributed by atoms with Crippen LogP contribution in [0.1, 0.15) is 37.4 Å². The summed E-state index contributed by atoms with van der Waals surface area (Å²) >= 11 is 0. The van der Waals surface area contributed by atoms with E-state index in [-0.39, 0.29) is 11.3 Å². The largest absolute Gasteiger partial charge is 0.497 e. The van der Waals surface area contributed by atoms with E-state index in [4.69, 9.17) is 4.74 Å². The second-order valence-electron chi connectivity index (χ2n) is 4.85. The van der Waals surface area contributed by atoms with Gasteiger partial charge in [0.15, 0.2) is 0 Å². The highest BCUT2D eigenvalue weighted by Crippen LogP contribution is 2.35. The lowest BCUT2D eigenvalue weighted by Gasteiger charge is -2.33. The predicted octanol–water partition coefficient (Wildman–Crippen LogP) is 2.43. The molecule has 1 aliphatic carbocycles. The molecule has 0 heterocycles. The maximum absolute atomic E-state index is 12.3. The maximum Gasteiger partial charge on any atom is 0.119 e. The second kappa shape index (κ2) is 6.53. The first-order valence-corrected chi connectivity index (χ1v) is 8.36. The quantitative estimate of drug-likeness (QED) is 0.901. The van der Waals surface area contributed by atoms with Gasteiger partial charge in [0.2, 0.25) is 0 Å². The molecule has 0 radical (unpaired) electrons. The van der Waals surface area contributed by atoms with Crippen molar-refractivity contribution in [2.45, 2.75) is 38.0 Å². The van der Waals surface area contributed by atoms with Crippen molar-refractivity contribution < 1.29 is 8.95 Å². The number of aryl methyl sites for hydroxylation is 1. The van der Waals surface area contributed by atoms with Crippen molar-refractivity contribution in [3.05, 3.63) is 29.3 Å². The van der Waals surface area contributed by atoms with Crippen LogP contribution in [0.5, 0.6) is 5.75 Å². The van der Waals surface area contributed by atoms with E-state index in [1.165, 1.54) is 11.1 Å². The molecule has 0 saturated heterocycles. The summed E-state index contributed by atoms with van der Waals surface area (Å²) in [5.74, 6) is 1.61. The Bertz CT molecular complexity index is 461. The van der Waals surface area contributed by atoms with Crippen LogP contribution < -0.4 is 10.1 Å². The third kappa shape index (κ3) is 3.00. The summed E-state index contributed by atoms with van der Waals surface area (Å²) in [4.78, 5) is 0. The van der Waals surface area contributed by atoms with E-state index in [2.05, 4.69) is 24.4 Å². The van der Waals surface area contributed by atoms with Crippen LogP contribution in [0, 0.1) is 0 Å². The van der Waals surface area contributed by atoms with Crippen LogP contribution in [0.25, 0.3) is 0 Å². The van der Waals surface area contributed by atoms with Gasteiger partial charge in [0, 0.05) is 22.6 Å². The van der Waals surface area contributed by atoms with Crippen LogP contribution >= 0.6 is 0 Å². The molecule has 0 amide bonds. The van der Waals surface area contributed by atoms with Gasteiger partial charge in [0.25, 0.3) is 0 Å². The van der Waals surface area contributed by atoms with Crippen LogP contribution in [0.15, 0.2) is 18.2 Å². The Kier molecular flexibility index (Phi) is 4.99. The lowest BCUT2D eigenvalue weighted by Crippen LogP contribution is -2.39. The fourth-order valence-corrected chi connectivity index (χ4v) is 4.20. The Balaban J connectivity index is 2.37. The molecule has 1 N–H and O–H groups in total. The van der Waals surface area contributed by atoms with Crippen LogP contribution in [-0.2, 0) is 17.2 Å². The summed E-state index contributed by atoms with van der Waals surface area (Å²) in [6, 6.07) is 6.44. The van der Waals surface area contributed by atoms with Crippen molar-refractivity contribution in [3.63, 3.8) is 0 Å². The number of benzene rings is 1. The van der Waals surface area contributed by atoms with Crippen molar-refractivity contribution in [1.29, 1.82) is 0 Å². The molecule has 0 aromatic heterocycles. The van der Waals surface area contributed by atoms with E-state index in [0.29, 0.717) is 0 Å². The third-order valence-electron chi connectivity index (χ3n) is 3.80. The molecule has 3 nitrogen and oxygen atoms in total. The van der Waals surface area contributed by atoms with E-state index in [9.17, 15) is 4.21 Å². The second-order valence-corrected chi connectivity index (χ2v) is 6.79. The van der Waals surface area contributed by atoms with Gasteiger partial charge in [-0.05, 0) is 42.6 Å². The Morgan fingerprint density at radius 2 is 2.21 bits per heavy atom. The van der Waals surface area contributed by atoms with Gasteiger partial charge in [-0.2, -0.15) is 0 Å². The fourth-order valence-electron chi connectivity index (χ4n) is 2.84. The first kappa shape index (κ1) is 14.5. The predicted molar refractivity (Wildman–Crippen MR) is 80.2 cm³/mol. The fraction of sp³-hybridized carbons (Fsp3) is 0.600. The smallest absolute Gasteiger partial charge is 0.119 e. The highest BCUT2D eigenvalue weighted by Gasteiger charge is 2.32. The van der Waals surface area contributed by atoms with Gasteiger partial charge in [-0.1, -0.05) is 19.9 Å². The summed E-state index contributed by atoms with van der Waals surface area (Å²) in [5, 5.41) is 3.72. The zero-order valence-corrected chi connectivity index (χ0v) is 12.8. The van der Waals surface area contributed by atoms with Gasteiger partial charge in [-0.15, -0.1) is 0 Å². The molecule has 19 heavy (non-hydrogen) atoms. The standard InChI is InChI=1S/C15H23NO2S/c1-4-16-15-13-10-12(18-3)8-6-11(13)7-9-14(15)19(17)5-2/h6,8,10,14-16H,4-5,7,9H2,1-3H3. The van der Waals surface area contributed by atoms with Crippen LogP contribution in [0.3, 0.4) is 0 Å². The molecule has 0 fully saturated rings. The summed E-state index contributed by atoms with van der Waals surface area (Å²) in [7, 11) is 0.925. The van der Waals surface area contributed by atoms with Gasteiger partial charge in [-0.3, -0.25) is 4.21 Å². The molecule has 3 atom stereocenters. The van der Waals surface area contributed by atoms with Crippen molar-refractivity contribution in [1.82, 2.24) is 5.32 Å². The van der Waals surface area contributed by atoms with E-state index >= 15 is 0 Å². The average molecular weight is 281 g/mol. The Morgan fingerprint density at radius 1 is 1.42 bits per heavy atom. The van der Waals surface area contributed by atoms with E-state index in [1.54, 1.807) is 7.11 Å². The van der Waals surface area contributed by atoms with Crippen molar-refractivity contribution in [3.8, 4) is 5.75 Å². The third-order valence-corrected chi connectivity index (χ3v) is 5.56. The lowest BCUT2D eigenvalue weighted by atomic mass is 9.87. The number of nitrogens with one attached hydrogen (secondary N) is 1. The molecule has 0 spiro atoms. The van der Waals surface area contributed by atoms with Crippen molar-refractivity contribution in [2.24, 2.45) is 0 Å². The zero-order chi connectivity index (χ0) is 13.8. The van der Waals surface area contributed by atoms with Crippen LogP contribution in [0.2, 0.25) is 0 Å². The molecular weight excluding hydrogens is 258 g/mol. The Labute approximate surface area is 118 Å². The lowest BCUT2D eigenvalue weighted by molar-refractivity contribution is 0.410. The number of hydrogen-bond acceptors (Lipinski definition) is 3. The molecule has 4 heteroatoms. The minimum Gasteiger partial charge on any atom is -0.497 e. The normalized spacial score (nSPS) is 23.7. The number of fused-ring (bicyclic) bond motifs is 1. The highest BCUT2D eigenvalue weighted by molar-refractivity contribution is 7.85. The summed E-state index contributed by atoms with van der Waals surface area (Å²) in [6.07, 6.45) is 2.01. The topological polar surface area (TPSA) is 38.3 Å². The molecule has 1 aliphatic rings. The molecule has 1 aromatic rings. The first-order chi connectivity index (χ1) is 9.21. The molecule has 106 valence electrons. The number of ether oxygens (including phenoxy) is 1. The molecule has 0 bridgehead atoms.